The fraction of sp³-hybridized carbons (Fsp3) is 0.190. The van der Waals surface area contributed by atoms with E-state index in [1.807, 2.05) is 6.92 Å². The van der Waals surface area contributed by atoms with Crippen LogP contribution in [0.3, 0.4) is 0 Å². The van der Waals surface area contributed by atoms with Crippen LogP contribution in [-0.2, 0) is 6.54 Å². The average molecular weight is 351 g/mol. The molecule has 0 unspecified atom stereocenters. The number of anilines is 1. The zero-order valence-electron chi connectivity index (χ0n) is 15.1. The van der Waals surface area contributed by atoms with Gasteiger partial charge in [0, 0.05) is 29.3 Å². The van der Waals surface area contributed by atoms with E-state index in [0.717, 1.165) is 22.6 Å². The maximum absolute atomic E-state index is 12.9. The SMILES string of the molecule is Cc1ccc(-n2c(C)cc(CNC(=O)Nc3ccc(F)cc3)c2C)cc1. The number of hydrogen-bond donors (Lipinski definition) is 2. The molecule has 26 heavy (non-hydrogen) atoms. The van der Waals surface area contributed by atoms with Crippen LogP contribution in [0, 0.1) is 26.6 Å². The lowest BCUT2D eigenvalue weighted by Crippen LogP contribution is -2.28. The zero-order chi connectivity index (χ0) is 18.7. The number of benzene rings is 2. The topological polar surface area (TPSA) is 46.1 Å². The number of nitrogens with one attached hydrogen (secondary N) is 2. The van der Waals surface area contributed by atoms with Gasteiger partial charge < -0.3 is 15.2 Å². The van der Waals surface area contributed by atoms with Crippen molar-refractivity contribution in [2.45, 2.75) is 27.3 Å². The summed E-state index contributed by atoms with van der Waals surface area (Å²) in [5, 5.41) is 5.54. The number of carbonyl (C=O) groups is 1. The molecule has 2 aromatic carbocycles. The minimum absolute atomic E-state index is 0.322. The number of hydrogen-bond acceptors (Lipinski definition) is 1. The molecule has 0 radical (unpaired) electrons. The second-order valence-electron chi connectivity index (χ2n) is 6.38. The summed E-state index contributed by atoms with van der Waals surface area (Å²) in [5.74, 6) is -0.334. The molecule has 134 valence electrons. The molecule has 5 heteroatoms. The molecule has 0 aliphatic carbocycles. The third kappa shape index (κ3) is 3.94. The molecule has 3 rings (SSSR count). The van der Waals surface area contributed by atoms with Gasteiger partial charge in [-0.3, -0.25) is 0 Å². The van der Waals surface area contributed by atoms with Gasteiger partial charge in [-0.2, -0.15) is 0 Å². The van der Waals surface area contributed by atoms with E-state index < -0.39 is 0 Å². The molecular formula is C21H22FN3O. The predicted molar refractivity (Wildman–Crippen MR) is 102 cm³/mol. The van der Waals surface area contributed by atoms with Gasteiger partial charge >= 0.3 is 6.03 Å². The van der Waals surface area contributed by atoms with Crippen LogP contribution in [0.1, 0.15) is 22.5 Å². The number of aryl methyl sites for hydroxylation is 2. The van der Waals surface area contributed by atoms with Crippen molar-refractivity contribution in [3.63, 3.8) is 0 Å². The Kier molecular flexibility index (Phi) is 5.07. The molecule has 0 saturated carbocycles. The number of carbonyl (C=O) groups excluding carboxylic acids is 1. The number of urea groups is 1. The second kappa shape index (κ2) is 7.44. The van der Waals surface area contributed by atoms with Crippen molar-refractivity contribution in [3.8, 4) is 5.69 Å². The maximum Gasteiger partial charge on any atom is 0.319 e. The van der Waals surface area contributed by atoms with Gasteiger partial charge in [-0.25, -0.2) is 9.18 Å². The Hall–Kier alpha value is -3.08. The Bertz CT molecular complexity index is 912. The molecule has 1 heterocycles. The minimum Gasteiger partial charge on any atom is -0.334 e. The smallest absolute Gasteiger partial charge is 0.319 e. The molecule has 2 amide bonds. The molecule has 0 spiro atoms. The summed E-state index contributed by atoms with van der Waals surface area (Å²) in [6, 6.07) is 15.8. The lowest BCUT2D eigenvalue weighted by molar-refractivity contribution is 0.251. The molecule has 2 N–H and O–H groups in total. The fourth-order valence-corrected chi connectivity index (χ4v) is 2.98. The molecule has 0 atom stereocenters. The third-order valence-corrected chi connectivity index (χ3v) is 4.37. The molecule has 0 aliphatic rings. The van der Waals surface area contributed by atoms with Gasteiger partial charge in [-0.1, -0.05) is 17.7 Å². The largest absolute Gasteiger partial charge is 0.334 e. The average Bonchev–Trinajstić information content (AvgIpc) is 2.90. The summed E-state index contributed by atoms with van der Waals surface area (Å²) in [6.07, 6.45) is 0. The van der Waals surface area contributed by atoms with Crippen molar-refractivity contribution in [3.05, 3.63) is 82.9 Å². The van der Waals surface area contributed by atoms with Crippen molar-refractivity contribution >= 4 is 11.7 Å². The normalized spacial score (nSPS) is 10.6. The van der Waals surface area contributed by atoms with Crippen molar-refractivity contribution in [1.29, 1.82) is 0 Å². The summed E-state index contributed by atoms with van der Waals surface area (Å²) in [6.45, 7) is 6.57. The van der Waals surface area contributed by atoms with E-state index in [1.54, 1.807) is 0 Å². The van der Waals surface area contributed by atoms with Crippen molar-refractivity contribution in [2.24, 2.45) is 0 Å². The zero-order valence-corrected chi connectivity index (χ0v) is 15.1. The standard InChI is InChI=1S/C21H22FN3O/c1-14-4-10-20(11-5-14)25-15(2)12-17(16(25)3)13-23-21(26)24-19-8-6-18(22)7-9-19/h4-12H,13H2,1-3H3,(H2,23,24,26). The number of nitrogens with zero attached hydrogens (tertiary/aromatic N) is 1. The molecule has 1 aromatic heterocycles. The Morgan fingerprint density at radius 3 is 2.31 bits per heavy atom. The predicted octanol–water partition coefficient (Wildman–Crippen LogP) is 4.86. The Morgan fingerprint density at radius 1 is 1.00 bits per heavy atom. The van der Waals surface area contributed by atoms with Crippen LogP contribution in [0.15, 0.2) is 54.6 Å². The lowest BCUT2D eigenvalue weighted by Gasteiger charge is -2.11. The highest BCUT2D eigenvalue weighted by molar-refractivity contribution is 5.89. The number of amides is 2. The van der Waals surface area contributed by atoms with Crippen LogP contribution in [0.5, 0.6) is 0 Å². The lowest BCUT2D eigenvalue weighted by atomic mass is 10.2. The Labute approximate surface area is 152 Å². The molecule has 4 nitrogen and oxygen atoms in total. The monoisotopic (exact) mass is 351 g/mol. The molecule has 3 aromatic rings. The number of aromatic nitrogens is 1. The summed E-state index contributed by atoms with van der Waals surface area (Å²) in [4.78, 5) is 12.1. The number of halogens is 1. The van der Waals surface area contributed by atoms with Gasteiger partial charge in [-0.05, 0) is 68.8 Å². The van der Waals surface area contributed by atoms with Crippen LogP contribution in [-0.4, -0.2) is 10.6 Å². The highest BCUT2D eigenvalue weighted by Crippen LogP contribution is 2.21. The summed E-state index contributed by atoms with van der Waals surface area (Å²) < 4.78 is 15.1. The highest BCUT2D eigenvalue weighted by Gasteiger charge is 2.11. The summed E-state index contributed by atoms with van der Waals surface area (Å²) in [5.41, 5.74) is 6.13. The molecule has 0 bridgehead atoms. The van der Waals surface area contributed by atoms with Crippen molar-refractivity contribution in [1.82, 2.24) is 9.88 Å². The first-order valence-electron chi connectivity index (χ1n) is 8.49. The summed E-state index contributed by atoms with van der Waals surface area (Å²) >= 11 is 0. The van der Waals surface area contributed by atoms with Crippen LogP contribution >= 0.6 is 0 Å². The van der Waals surface area contributed by atoms with Crippen LogP contribution in [0.25, 0.3) is 5.69 Å². The molecule has 0 fully saturated rings. The van der Waals surface area contributed by atoms with Gasteiger partial charge in [0.15, 0.2) is 0 Å². The first kappa shape index (κ1) is 17.7. The van der Waals surface area contributed by atoms with Crippen molar-refractivity contribution < 1.29 is 9.18 Å². The molecule has 0 aliphatic heterocycles. The first-order chi connectivity index (χ1) is 12.4. The van der Waals surface area contributed by atoms with E-state index >= 15 is 0 Å². The third-order valence-electron chi connectivity index (χ3n) is 4.37. The van der Waals surface area contributed by atoms with Crippen molar-refractivity contribution in [2.75, 3.05) is 5.32 Å². The van der Waals surface area contributed by atoms with E-state index in [-0.39, 0.29) is 11.8 Å². The van der Waals surface area contributed by atoms with Crippen LogP contribution < -0.4 is 10.6 Å². The van der Waals surface area contributed by atoms with Gasteiger partial charge in [-0.15, -0.1) is 0 Å². The van der Waals surface area contributed by atoms with Gasteiger partial charge in [0.05, 0.1) is 0 Å². The van der Waals surface area contributed by atoms with Gasteiger partial charge in [0.25, 0.3) is 0 Å². The van der Waals surface area contributed by atoms with E-state index in [1.165, 1.54) is 29.8 Å². The maximum atomic E-state index is 12.9. The summed E-state index contributed by atoms with van der Waals surface area (Å²) in [7, 11) is 0. The fourth-order valence-electron chi connectivity index (χ4n) is 2.98. The van der Waals surface area contributed by atoms with Gasteiger partial charge in [0.2, 0.25) is 0 Å². The van der Waals surface area contributed by atoms with E-state index in [9.17, 15) is 9.18 Å². The highest BCUT2D eigenvalue weighted by atomic mass is 19.1. The van der Waals surface area contributed by atoms with E-state index in [4.69, 9.17) is 0 Å². The number of rotatable bonds is 4. The molecule has 0 saturated heterocycles. The van der Waals surface area contributed by atoms with Gasteiger partial charge in [0.1, 0.15) is 5.82 Å². The Balaban J connectivity index is 1.68. The van der Waals surface area contributed by atoms with Crippen LogP contribution in [0.4, 0.5) is 14.9 Å². The quantitative estimate of drug-likeness (QED) is 0.692. The minimum atomic E-state index is -0.334. The van der Waals surface area contributed by atoms with E-state index in [2.05, 4.69) is 59.4 Å². The second-order valence-corrected chi connectivity index (χ2v) is 6.38. The Morgan fingerprint density at radius 2 is 1.65 bits per heavy atom. The van der Waals surface area contributed by atoms with Crippen LogP contribution in [0.2, 0.25) is 0 Å². The molecular weight excluding hydrogens is 329 g/mol. The van der Waals surface area contributed by atoms with E-state index in [0.29, 0.717) is 12.2 Å². The first-order valence-corrected chi connectivity index (χ1v) is 8.49.